The van der Waals surface area contributed by atoms with Gasteiger partial charge in [0.25, 0.3) is 0 Å². The summed E-state index contributed by atoms with van der Waals surface area (Å²) in [6, 6.07) is 3.99. The van der Waals surface area contributed by atoms with Crippen LogP contribution in [-0.2, 0) is 0 Å². The van der Waals surface area contributed by atoms with Crippen molar-refractivity contribution in [3.05, 3.63) is 23.2 Å². The van der Waals surface area contributed by atoms with Crippen molar-refractivity contribution in [1.82, 2.24) is 4.98 Å². The molecule has 1 heterocycles. The van der Waals surface area contributed by atoms with Gasteiger partial charge in [-0.2, -0.15) is 0 Å². The Bertz CT molecular complexity index is 409. The van der Waals surface area contributed by atoms with Crippen LogP contribution >= 0.6 is 11.3 Å². The Kier molecular flexibility index (Phi) is 3.89. The van der Waals surface area contributed by atoms with Gasteiger partial charge in [-0.25, -0.2) is 4.98 Å². The first-order valence-electron chi connectivity index (χ1n) is 4.69. The summed E-state index contributed by atoms with van der Waals surface area (Å²) in [6.07, 6.45) is 0. The van der Waals surface area contributed by atoms with Crippen LogP contribution in [0.15, 0.2) is 17.6 Å². The molecule has 2 aromatic rings. The van der Waals surface area contributed by atoms with Crippen molar-refractivity contribution >= 4 is 21.6 Å². The Morgan fingerprint density at radius 3 is 2.64 bits per heavy atom. The van der Waals surface area contributed by atoms with Crippen molar-refractivity contribution in [2.45, 2.75) is 20.8 Å². The summed E-state index contributed by atoms with van der Waals surface area (Å²) in [5.74, 6) is 0.880. The van der Waals surface area contributed by atoms with Crippen LogP contribution in [0.1, 0.15) is 19.4 Å². The molecule has 0 unspecified atom stereocenters. The maximum atomic E-state index is 5.14. The highest BCUT2D eigenvalue weighted by molar-refractivity contribution is 7.16. The molecule has 2 rings (SSSR count). The molecule has 3 heteroatoms. The highest BCUT2D eigenvalue weighted by atomic mass is 32.1. The lowest BCUT2D eigenvalue weighted by molar-refractivity contribution is 0.415. The van der Waals surface area contributed by atoms with Crippen molar-refractivity contribution < 1.29 is 4.74 Å². The summed E-state index contributed by atoms with van der Waals surface area (Å²) in [5.41, 5.74) is 4.11. The maximum Gasteiger partial charge on any atom is 0.121 e. The molecule has 0 N–H and O–H groups in total. The average molecular weight is 209 g/mol. The van der Waals surface area contributed by atoms with Gasteiger partial charge in [0.15, 0.2) is 0 Å². The van der Waals surface area contributed by atoms with Crippen molar-refractivity contribution in [3.63, 3.8) is 0 Å². The third-order valence-electron chi connectivity index (χ3n) is 1.83. The molecular weight excluding hydrogens is 194 g/mol. The van der Waals surface area contributed by atoms with Crippen LogP contribution in [0.2, 0.25) is 0 Å². The summed E-state index contributed by atoms with van der Waals surface area (Å²) < 4.78 is 6.38. The molecule has 0 aliphatic heterocycles. The van der Waals surface area contributed by atoms with Crippen LogP contribution < -0.4 is 4.74 Å². The Morgan fingerprint density at radius 2 is 2.00 bits per heavy atom. The van der Waals surface area contributed by atoms with E-state index in [4.69, 9.17) is 4.74 Å². The number of hydrogen-bond acceptors (Lipinski definition) is 3. The largest absolute Gasteiger partial charge is 0.497 e. The molecule has 0 amide bonds. The molecular formula is C11H15NOS. The molecule has 0 saturated carbocycles. The zero-order valence-corrected chi connectivity index (χ0v) is 9.81. The van der Waals surface area contributed by atoms with Crippen molar-refractivity contribution in [3.8, 4) is 5.75 Å². The second kappa shape index (κ2) is 4.96. The number of benzene rings is 1. The van der Waals surface area contributed by atoms with E-state index in [9.17, 15) is 0 Å². The van der Waals surface area contributed by atoms with Gasteiger partial charge in [0.2, 0.25) is 0 Å². The first-order chi connectivity index (χ1) is 6.81. The van der Waals surface area contributed by atoms with Gasteiger partial charge in [-0.3, -0.25) is 0 Å². The number of ether oxygens (including phenoxy) is 1. The molecule has 0 aliphatic carbocycles. The molecule has 0 atom stereocenters. The number of fused-ring (bicyclic) bond motifs is 1. The van der Waals surface area contributed by atoms with Crippen molar-refractivity contribution in [1.29, 1.82) is 0 Å². The van der Waals surface area contributed by atoms with Crippen LogP contribution in [0.25, 0.3) is 10.2 Å². The Balaban J connectivity index is 0.000000461. The Hall–Kier alpha value is -1.09. The minimum Gasteiger partial charge on any atom is -0.497 e. The fourth-order valence-electron chi connectivity index (χ4n) is 1.23. The average Bonchev–Trinajstić information content (AvgIpc) is 2.69. The summed E-state index contributed by atoms with van der Waals surface area (Å²) in [6.45, 7) is 6.07. The summed E-state index contributed by atoms with van der Waals surface area (Å²) >= 11 is 1.67. The van der Waals surface area contributed by atoms with E-state index >= 15 is 0 Å². The predicted octanol–water partition coefficient (Wildman–Crippen LogP) is 3.64. The summed E-state index contributed by atoms with van der Waals surface area (Å²) in [4.78, 5) is 4.23. The van der Waals surface area contributed by atoms with Gasteiger partial charge >= 0.3 is 0 Å². The van der Waals surface area contributed by atoms with E-state index in [0.717, 1.165) is 11.3 Å². The number of thiazole rings is 1. The number of hydrogen-bond donors (Lipinski definition) is 0. The zero-order chi connectivity index (χ0) is 10.6. The molecule has 0 spiro atoms. The number of aryl methyl sites for hydroxylation is 1. The SMILES string of the molecule is CC.COc1cc(C)c2scnc2c1. The lowest BCUT2D eigenvalue weighted by Gasteiger charge is -2.00. The molecule has 2 nitrogen and oxygen atoms in total. The summed E-state index contributed by atoms with van der Waals surface area (Å²) in [5, 5.41) is 0. The lowest BCUT2D eigenvalue weighted by Crippen LogP contribution is -1.83. The third kappa shape index (κ3) is 2.04. The zero-order valence-electron chi connectivity index (χ0n) is 9.00. The molecule has 0 aliphatic rings. The second-order valence-electron chi connectivity index (χ2n) is 2.64. The molecule has 0 saturated heterocycles. The van der Waals surface area contributed by atoms with Crippen molar-refractivity contribution in [2.75, 3.05) is 7.11 Å². The number of methoxy groups -OCH3 is 1. The molecule has 14 heavy (non-hydrogen) atoms. The topological polar surface area (TPSA) is 22.1 Å². The third-order valence-corrected chi connectivity index (χ3v) is 2.80. The maximum absolute atomic E-state index is 5.14. The van der Waals surface area contributed by atoms with Crippen LogP contribution in [0.3, 0.4) is 0 Å². The number of rotatable bonds is 1. The van der Waals surface area contributed by atoms with Crippen LogP contribution in [-0.4, -0.2) is 12.1 Å². The van der Waals surface area contributed by atoms with E-state index in [0.29, 0.717) is 0 Å². The highest BCUT2D eigenvalue weighted by Crippen LogP contribution is 2.26. The highest BCUT2D eigenvalue weighted by Gasteiger charge is 2.02. The van der Waals surface area contributed by atoms with Gasteiger partial charge in [-0.1, -0.05) is 13.8 Å². The first kappa shape index (κ1) is 11.0. The number of aromatic nitrogens is 1. The lowest BCUT2D eigenvalue weighted by atomic mass is 10.2. The molecule has 1 aromatic carbocycles. The smallest absolute Gasteiger partial charge is 0.121 e. The monoisotopic (exact) mass is 209 g/mol. The fourth-order valence-corrected chi connectivity index (χ4v) is 1.97. The second-order valence-corrected chi connectivity index (χ2v) is 3.50. The number of nitrogens with zero attached hydrogens (tertiary/aromatic N) is 1. The van der Waals surface area contributed by atoms with Gasteiger partial charge in [0, 0.05) is 6.07 Å². The molecule has 1 aromatic heterocycles. The predicted molar refractivity (Wildman–Crippen MR) is 62.3 cm³/mol. The van der Waals surface area contributed by atoms with E-state index < -0.39 is 0 Å². The van der Waals surface area contributed by atoms with Crippen LogP contribution in [0, 0.1) is 6.92 Å². The van der Waals surface area contributed by atoms with Crippen molar-refractivity contribution in [2.24, 2.45) is 0 Å². The minimum absolute atomic E-state index is 0.880. The standard InChI is InChI=1S/C9H9NOS.C2H6/c1-6-3-7(11-2)4-8-9(6)12-5-10-8;1-2/h3-5H,1-2H3;1-2H3. The van der Waals surface area contributed by atoms with E-state index in [1.807, 2.05) is 31.5 Å². The van der Waals surface area contributed by atoms with E-state index in [1.54, 1.807) is 18.4 Å². The fraction of sp³-hybridized carbons (Fsp3) is 0.364. The van der Waals surface area contributed by atoms with E-state index in [2.05, 4.69) is 11.9 Å². The Labute approximate surface area is 88.6 Å². The van der Waals surface area contributed by atoms with Gasteiger partial charge in [0.1, 0.15) is 5.75 Å². The first-order valence-corrected chi connectivity index (χ1v) is 5.57. The Morgan fingerprint density at radius 1 is 1.29 bits per heavy atom. The normalized spacial score (nSPS) is 9.43. The van der Waals surface area contributed by atoms with Crippen LogP contribution in [0.4, 0.5) is 0 Å². The minimum atomic E-state index is 0.880. The quantitative estimate of drug-likeness (QED) is 0.715. The van der Waals surface area contributed by atoms with E-state index in [-0.39, 0.29) is 0 Å². The summed E-state index contributed by atoms with van der Waals surface area (Å²) in [7, 11) is 1.67. The van der Waals surface area contributed by atoms with Crippen LogP contribution in [0.5, 0.6) is 5.75 Å². The van der Waals surface area contributed by atoms with E-state index in [1.165, 1.54) is 10.3 Å². The molecule has 76 valence electrons. The van der Waals surface area contributed by atoms with Gasteiger partial charge in [-0.15, -0.1) is 11.3 Å². The molecule has 0 bridgehead atoms. The van der Waals surface area contributed by atoms with Gasteiger partial charge in [-0.05, 0) is 18.6 Å². The van der Waals surface area contributed by atoms with Gasteiger partial charge < -0.3 is 4.74 Å². The molecule has 0 radical (unpaired) electrons. The molecule has 0 fully saturated rings. The van der Waals surface area contributed by atoms with Gasteiger partial charge in [0.05, 0.1) is 22.8 Å².